The number of hydrogen-bond acceptors (Lipinski definition) is 5. The van der Waals surface area contributed by atoms with Crippen molar-refractivity contribution >= 4 is 44.4 Å². The zero-order chi connectivity index (χ0) is 16.7. The lowest BCUT2D eigenvalue weighted by Crippen LogP contribution is -2.12. The van der Waals surface area contributed by atoms with Crippen molar-refractivity contribution in [3.8, 4) is 5.75 Å². The van der Waals surface area contributed by atoms with Crippen LogP contribution in [0.3, 0.4) is 0 Å². The molecule has 0 aliphatic carbocycles. The first kappa shape index (κ1) is 15.7. The highest BCUT2D eigenvalue weighted by molar-refractivity contribution is 9.10. The Bertz CT molecular complexity index is 913. The van der Waals surface area contributed by atoms with Crippen LogP contribution in [-0.2, 0) is 7.05 Å². The molecule has 24 heavy (non-hydrogen) atoms. The Kier molecular flexibility index (Phi) is 4.05. The average molecular weight is 409 g/mol. The largest absolute Gasteiger partial charge is 0.492 e. The van der Waals surface area contributed by atoms with Crippen molar-refractivity contribution in [2.24, 2.45) is 7.05 Å². The summed E-state index contributed by atoms with van der Waals surface area (Å²) in [6.45, 7) is 0.657. The molecule has 0 saturated carbocycles. The van der Waals surface area contributed by atoms with Gasteiger partial charge >= 0.3 is 0 Å². The highest BCUT2D eigenvalue weighted by Gasteiger charge is 2.23. The van der Waals surface area contributed by atoms with Gasteiger partial charge in [-0.25, -0.2) is 14.6 Å². The smallest absolute Gasteiger partial charge is 0.164 e. The highest BCUT2D eigenvalue weighted by Crippen LogP contribution is 2.39. The van der Waals surface area contributed by atoms with E-state index in [0.717, 1.165) is 45.6 Å². The van der Waals surface area contributed by atoms with Gasteiger partial charge in [-0.05, 0) is 34.8 Å². The van der Waals surface area contributed by atoms with Gasteiger partial charge in [0.25, 0.3) is 0 Å². The van der Waals surface area contributed by atoms with Crippen LogP contribution in [-0.4, -0.2) is 26.4 Å². The first-order chi connectivity index (χ1) is 11.6. The second-order valence-corrected chi connectivity index (χ2v) is 6.84. The number of hydrogen-bond donors (Lipinski definition) is 1. The Labute approximate surface area is 152 Å². The molecule has 1 aliphatic heterocycles. The Morgan fingerprint density at radius 3 is 3.12 bits per heavy atom. The van der Waals surface area contributed by atoms with Gasteiger partial charge in [0, 0.05) is 12.6 Å². The molecule has 1 atom stereocenters. The molecule has 0 bridgehead atoms. The van der Waals surface area contributed by atoms with Crippen LogP contribution in [0.25, 0.3) is 11.0 Å². The molecule has 1 aromatic carbocycles. The third-order valence-corrected chi connectivity index (χ3v) is 5.00. The average Bonchev–Trinajstić information content (AvgIpc) is 2.74. The maximum absolute atomic E-state index is 6.31. The van der Waals surface area contributed by atoms with Crippen molar-refractivity contribution in [2.75, 3.05) is 11.9 Å². The van der Waals surface area contributed by atoms with E-state index in [-0.39, 0.29) is 6.04 Å². The molecular formula is C16H15BrClN5O. The Morgan fingerprint density at radius 2 is 2.25 bits per heavy atom. The molecule has 0 amide bonds. The Hall–Kier alpha value is -1.86. The van der Waals surface area contributed by atoms with Crippen molar-refractivity contribution < 1.29 is 4.74 Å². The minimum absolute atomic E-state index is 0.0615. The molecule has 1 aliphatic rings. The minimum Gasteiger partial charge on any atom is -0.492 e. The van der Waals surface area contributed by atoms with Gasteiger partial charge in [-0.1, -0.05) is 23.7 Å². The van der Waals surface area contributed by atoms with Crippen LogP contribution in [0.1, 0.15) is 24.4 Å². The number of rotatable bonds is 2. The summed E-state index contributed by atoms with van der Waals surface area (Å²) < 4.78 is 8.28. The van der Waals surface area contributed by atoms with Crippen LogP contribution >= 0.6 is 27.5 Å². The predicted octanol–water partition coefficient (Wildman–Crippen LogP) is 4.11. The zero-order valence-electron chi connectivity index (χ0n) is 13.0. The van der Waals surface area contributed by atoms with Gasteiger partial charge < -0.3 is 10.1 Å². The van der Waals surface area contributed by atoms with Gasteiger partial charge in [0.15, 0.2) is 5.65 Å². The number of benzene rings is 1. The maximum atomic E-state index is 6.31. The molecule has 3 aromatic rings. The van der Waals surface area contributed by atoms with Crippen LogP contribution in [0.2, 0.25) is 5.02 Å². The van der Waals surface area contributed by atoms with E-state index in [0.29, 0.717) is 11.6 Å². The standard InChI is InChI=1S/C16H15BrClN5O/c1-23-16-12(14(17)22-23)15(19-8-20-16)21-11-6-3-7-24-13-9(11)4-2-5-10(13)18/h2,4-5,8,11H,3,6-7H2,1H3,(H,19,20,21). The van der Waals surface area contributed by atoms with E-state index in [2.05, 4.69) is 36.3 Å². The van der Waals surface area contributed by atoms with Crippen LogP contribution in [0.4, 0.5) is 5.82 Å². The monoisotopic (exact) mass is 407 g/mol. The van der Waals surface area contributed by atoms with E-state index in [9.17, 15) is 0 Å². The number of aryl methyl sites for hydroxylation is 1. The molecule has 3 heterocycles. The first-order valence-electron chi connectivity index (χ1n) is 7.66. The van der Waals surface area contributed by atoms with Crippen LogP contribution in [0.5, 0.6) is 5.75 Å². The fourth-order valence-electron chi connectivity index (χ4n) is 3.03. The molecule has 1 unspecified atom stereocenters. The molecule has 124 valence electrons. The SMILES string of the molecule is Cn1nc(Br)c2c(NC3CCCOc4c(Cl)cccc43)ncnc21. The van der Waals surface area contributed by atoms with E-state index < -0.39 is 0 Å². The number of para-hydroxylation sites is 1. The van der Waals surface area contributed by atoms with Gasteiger partial charge in [-0.15, -0.1) is 0 Å². The van der Waals surface area contributed by atoms with Gasteiger partial charge in [0.05, 0.1) is 23.1 Å². The highest BCUT2D eigenvalue weighted by atomic mass is 79.9. The molecule has 0 radical (unpaired) electrons. The van der Waals surface area contributed by atoms with E-state index in [1.165, 1.54) is 0 Å². The van der Waals surface area contributed by atoms with Gasteiger partial charge in [0.1, 0.15) is 22.5 Å². The summed E-state index contributed by atoms with van der Waals surface area (Å²) in [5.41, 5.74) is 1.82. The lowest BCUT2D eigenvalue weighted by molar-refractivity contribution is 0.316. The van der Waals surface area contributed by atoms with Crippen molar-refractivity contribution in [3.63, 3.8) is 0 Å². The molecule has 0 saturated heterocycles. The summed E-state index contributed by atoms with van der Waals surface area (Å²) >= 11 is 9.80. The summed E-state index contributed by atoms with van der Waals surface area (Å²) in [6, 6.07) is 5.90. The number of fused-ring (bicyclic) bond motifs is 2. The van der Waals surface area contributed by atoms with E-state index in [1.54, 1.807) is 11.0 Å². The number of aromatic nitrogens is 4. The summed E-state index contributed by atoms with van der Waals surface area (Å²) in [4.78, 5) is 8.73. The first-order valence-corrected chi connectivity index (χ1v) is 8.83. The van der Waals surface area contributed by atoms with Crippen LogP contribution in [0, 0.1) is 0 Å². The molecule has 0 fully saturated rings. The molecule has 2 aromatic heterocycles. The fourth-order valence-corrected chi connectivity index (χ4v) is 3.87. The maximum Gasteiger partial charge on any atom is 0.164 e. The van der Waals surface area contributed by atoms with E-state index in [1.807, 2.05) is 25.2 Å². The quantitative estimate of drug-likeness (QED) is 0.691. The third kappa shape index (κ3) is 2.61. The fraction of sp³-hybridized carbons (Fsp3) is 0.312. The van der Waals surface area contributed by atoms with Crippen LogP contribution in [0.15, 0.2) is 29.1 Å². The van der Waals surface area contributed by atoms with Crippen molar-refractivity contribution in [3.05, 3.63) is 39.7 Å². The summed E-state index contributed by atoms with van der Waals surface area (Å²) in [7, 11) is 1.86. The summed E-state index contributed by atoms with van der Waals surface area (Å²) in [6.07, 6.45) is 3.41. The number of nitrogens with one attached hydrogen (secondary N) is 1. The number of ether oxygens (including phenoxy) is 1. The molecule has 1 N–H and O–H groups in total. The van der Waals surface area contributed by atoms with Gasteiger partial charge in [-0.2, -0.15) is 5.10 Å². The second kappa shape index (κ2) is 6.22. The Balaban J connectivity index is 1.78. The molecule has 0 spiro atoms. The topological polar surface area (TPSA) is 64.9 Å². The third-order valence-electron chi connectivity index (χ3n) is 4.15. The van der Waals surface area contributed by atoms with Gasteiger partial charge in [0.2, 0.25) is 0 Å². The lowest BCUT2D eigenvalue weighted by atomic mass is 10.0. The minimum atomic E-state index is 0.0615. The van der Waals surface area contributed by atoms with Crippen molar-refractivity contribution in [1.29, 1.82) is 0 Å². The lowest BCUT2D eigenvalue weighted by Gasteiger charge is -2.19. The number of halogens is 2. The van der Waals surface area contributed by atoms with E-state index in [4.69, 9.17) is 16.3 Å². The molecule has 8 heteroatoms. The van der Waals surface area contributed by atoms with E-state index >= 15 is 0 Å². The van der Waals surface area contributed by atoms with Crippen molar-refractivity contribution in [2.45, 2.75) is 18.9 Å². The summed E-state index contributed by atoms with van der Waals surface area (Å²) in [5.74, 6) is 1.50. The molecule has 6 nitrogen and oxygen atoms in total. The Morgan fingerprint density at radius 1 is 1.38 bits per heavy atom. The van der Waals surface area contributed by atoms with Crippen molar-refractivity contribution in [1.82, 2.24) is 19.7 Å². The number of nitrogens with zero attached hydrogens (tertiary/aromatic N) is 4. The number of anilines is 1. The predicted molar refractivity (Wildman–Crippen MR) is 96.5 cm³/mol. The molecular weight excluding hydrogens is 394 g/mol. The summed E-state index contributed by atoms with van der Waals surface area (Å²) in [5, 5.41) is 9.40. The molecule has 4 rings (SSSR count). The van der Waals surface area contributed by atoms with Crippen LogP contribution < -0.4 is 10.1 Å². The normalized spacial score (nSPS) is 17.2. The zero-order valence-corrected chi connectivity index (χ0v) is 15.3. The second-order valence-electron chi connectivity index (χ2n) is 5.68. The van der Waals surface area contributed by atoms with Gasteiger partial charge in [-0.3, -0.25) is 0 Å².